The molecule has 1 heterocycles. The average Bonchev–Trinajstić information content (AvgIpc) is 2.54. The second-order valence-corrected chi connectivity index (χ2v) is 7.74. The van der Waals surface area contributed by atoms with Gasteiger partial charge in [0.15, 0.2) is 0 Å². The first-order chi connectivity index (χ1) is 9.07. The number of nitrogens with zero attached hydrogens (tertiary/aromatic N) is 1. The smallest absolute Gasteiger partial charge is 0.0197 e. The SMILES string of the molecule is CC(C)CC1CN(CC2(C)CCCCC2)CCCN1. The van der Waals surface area contributed by atoms with E-state index in [2.05, 4.69) is 31.0 Å². The van der Waals surface area contributed by atoms with E-state index in [0.717, 1.165) is 12.0 Å². The lowest BCUT2D eigenvalue weighted by molar-refractivity contribution is 0.118. The van der Waals surface area contributed by atoms with Crippen molar-refractivity contribution in [1.29, 1.82) is 0 Å². The Morgan fingerprint density at radius 2 is 1.89 bits per heavy atom. The summed E-state index contributed by atoms with van der Waals surface area (Å²) >= 11 is 0. The van der Waals surface area contributed by atoms with Crippen LogP contribution in [-0.2, 0) is 0 Å². The Kier molecular flexibility index (Phi) is 5.70. The number of hydrogen-bond donors (Lipinski definition) is 1. The summed E-state index contributed by atoms with van der Waals surface area (Å²) in [5, 5.41) is 3.75. The second kappa shape index (κ2) is 7.08. The van der Waals surface area contributed by atoms with E-state index in [0.29, 0.717) is 5.41 Å². The Morgan fingerprint density at radius 1 is 1.16 bits per heavy atom. The summed E-state index contributed by atoms with van der Waals surface area (Å²) in [6.07, 6.45) is 9.93. The molecule has 1 aliphatic carbocycles. The standard InChI is InChI=1S/C17H34N2/c1-15(2)12-16-13-19(11-7-10-18-16)14-17(3)8-5-4-6-9-17/h15-16,18H,4-14H2,1-3H3. The maximum Gasteiger partial charge on any atom is 0.0197 e. The van der Waals surface area contributed by atoms with Crippen molar-refractivity contribution >= 4 is 0 Å². The van der Waals surface area contributed by atoms with Gasteiger partial charge in [-0.1, -0.05) is 40.0 Å². The average molecular weight is 266 g/mol. The van der Waals surface area contributed by atoms with Gasteiger partial charge in [0.1, 0.15) is 0 Å². The number of nitrogens with one attached hydrogen (secondary N) is 1. The summed E-state index contributed by atoms with van der Waals surface area (Å²) in [6.45, 7) is 12.3. The maximum absolute atomic E-state index is 3.75. The minimum atomic E-state index is 0.602. The van der Waals surface area contributed by atoms with Crippen LogP contribution in [0.2, 0.25) is 0 Å². The van der Waals surface area contributed by atoms with Crippen LogP contribution in [0.4, 0.5) is 0 Å². The molecule has 0 aromatic heterocycles. The fraction of sp³-hybridized carbons (Fsp3) is 1.00. The molecule has 0 aromatic carbocycles. The molecule has 0 spiro atoms. The Bertz CT molecular complexity index is 256. The highest BCUT2D eigenvalue weighted by molar-refractivity contribution is 4.85. The van der Waals surface area contributed by atoms with Crippen LogP contribution in [0.25, 0.3) is 0 Å². The van der Waals surface area contributed by atoms with Gasteiger partial charge in [-0.2, -0.15) is 0 Å². The third-order valence-corrected chi connectivity index (χ3v) is 4.98. The maximum atomic E-state index is 3.75. The van der Waals surface area contributed by atoms with Gasteiger partial charge in [0.2, 0.25) is 0 Å². The first kappa shape index (κ1) is 15.3. The molecule has 2 aliphatic rings. The molecule has 0 amide bonds. The van der Waals surface area contributed by atoms with Crippen LogP contribution in [0.5, 0.6) is 0 Å². The lowest BCUT2D eigenvalue weighted by atomic mass is 9.75. The monoisotopic (exact) mass is 266 g/mol. The zero-order valence-corrected chi connectivity index (χ0v) is 13.4. The van der Waals surface area contributed by atoms with E-state index in [4.69, 9.17) is 0 Å². The molecule has 1 unspecified atom stereocenters. The summed E-state index contributed by atoms with van der Waals surface area (Å²) < 4.78 is 0. The van der Waals surface area contributed by atoms with Gasteiger partial charge in [-0.3, -0.25) is 0 Å². The lowest BCUT2D eigenvalue weighted by Gasteiger charge is -2.39. The first-order valence-corrected chi connectivity index (χ1v) is 8.53. The molecule has 2 nitrogen and oxygen atoms in total. The quantitative estimate of drug-likeness (QED) is 0.835. The Balaban J connectivity index is 1.86. The van der Waals surface area contributed by atoms with Crippen molar-refractivity contribution in [3.63, 3.8) is 0 Å². The molecule has 1 atom stereocenters. The Hall–Kier alpha value is -0.0800. The van der Waals surface area contributed by atoms with E-state index in [9.17, 15) is 0 Å². The van der Waals surface area contributed by atoms with Gasteiger partial charge in [0.25, 0.3) is 0 Å². The van der Waals surface area contributed by atoms with E-state index >= 15 is 0 Å². The van der Waals surface area contributed by atoms with Crippen molar-refractivity contribution in [2.75, 3.05) is 26.2 Å². The van der Waals surface area contributed by atoms with E-state index < -0.39 is 0 Å². The van der Waals surface area contributed by atoms with Crippen molar-refractivity contribution < 1.29 is 0 Å². The molecule has 0 radical (unpaired) electrons. The van der Waals surface area contributed by atoms with E-state index in [1.54, 1.807) is 0 Å². The fourth-order valence-corrected chi connectivity index (χ4v) is 4.05. The van der Waals surface area contributed by atoms with Crippen LogP contribution in [-0.4, -0.2) is 37.1 Å². The Morgan fingerprint density at radius 3 is 2.58 bits per heavy atom. The minimum Gasteiger partial charge on any atom is -0.313 e. The molecular weight excluding hydrogens is 232 g/mol. The van der Waals surface area contributed by atoms with Gasteiger partial charge < -0.3 is 10.2 Å². The molecule has 2 fully saturated rings. The first-order valence-electron chi connectivity index (χ1n) is 8.53. The number of rotatable bonds is 4. The highest BCUT2D eigenvalue weighted by Crippen LogP contribution is 2.36. The minimum absolute atomic E-state index is 0.602. The fourth-order valence-electron chi connectivity index (χ4n) is 4.05. The summed E-state index contributed by atoms with van der Waals surface area (Å²) in [4.78, 5) is 2.76. The van der Waals surface area contributed by atoms with Crippen molar-refractivity contribution in [3.05, 3.63) is 0 Å². The molecule has 0 bridgehead atoms. The zero-order valence-electron chi connectivity index (χ0n) is 13.4. The summed E-state index contributed by atoms with van der Waals surface area (Å²) in [5.74, 6) is 0.808. The second-order valence-electron chi connectivity index (χ2n) is 7.74. The van der Waals surface area contributed by atoms with Gasteiger partial charge in [-0.05, 0) is 50.1 Å². The van der Waals surface area contributed by atoms with Gasteiger partial charge in [-0.25, -0.2) is 0 Å². The van der Waals surface area contributed by atoms with Crippen molar-refractivity contribution in [2.45, 2.75) is 71.8 Å². The van der Waals surface area contributed by atoms with E-state index in [1.165, 1.54) is 71.1 Å². The highest BCUT2D eigenvalue weighted by atomic mass is 15.2. The van der Waals surface area contributed by atoms with Crippen LogP contribution in [0, 0.1) is 11.3 Å². The molecule has 1 saturated heterocycles. The van der Waals surface area contributed by atoms with Crippen molar-refractivity contribution in [2.24, 2.45) is 11.3 Å². The van der Waals surface area contributed by atoms with Gasteiger partial charge in [0, 0.05) is 19.1 Å². The van der Waals surface area contributed by atoms with Crippen LogP contribution < -0.4 is 5.32 Å². The molecule has 2 heteroatoms. The largest absolute Gasteiger partial charge is 0.313 e. The third-order valence-electron chi connectivity index (χ3n) is 4.98. The van der Waals surface area contributed by atoms with E-state index in [1.807, 2.05) is 0 Å². The van der Waals surface area contributed by atoms with Crippen LogP contribution >= 0.6 is 0 Å². The molecule has 19 heavy (non-hydrogen) atoms. The van der Waals surface area contributed by atoms with Gasteiger partial charge in [0.05, 0.1) is 0 Å². The highest BCUT2D eigenvalue weighted by Gasteiger charge is 2.30. The topological polar surface area (TPSA) is 15.3 Å². The summed E-state index contributed by atoms with van der Waals surface area (Å²) in [6, 6.07) is 0.717. The lowest BCUT2D eigenvalue weighted by Crippen LogP contribution is -2.43. The molecule has 0 aromatic rings. The van der Waals surface area contributed by atoms with Crippen LogP contribution in [0.15, 0.2) is 0 Å². The van der Waals surface area contributed by atoms with Gasteiger partial charge >= 0.3 is 0 Å². The summed E-state index contributed by atoms with van der Waals surface area (Å²) in [7, 11) is 0. The van der Waals surface area contributed by atoms with Crippen molar-refractivity contribution in [1.82, 2.24) is 10.2 Å². The molecule has 1 N–H and O–H groups in total. The zero-order chi connectivity index (χ0) is 13.7. The van der Waals surface area contributed by atoms with Crippen molar-refractivity contribution in [3.8, 4) is 0 Å². The normalized spacial score (nSPS) is 29.4. The summed E-state index contributed by atoms with van der Waals surface area (Å²) in [5.41, 5.74) is 0.602. The molecule has 2 rings (SSSR count). The molecule has 1 saturated carbocycles. The molecule has 112 valence electrons. The Labute approximate surface area is 120 Å². The third kappa shape index (κ3) is 5.07. The predicted molar refractivity (Wildman–Crippen MR) is 83.5 cm³/mol. The predicted octanol–water partition coefficient (Wildman–Crippen LogP) is 3.67. The van der Waals surface area contributed by atoms with Crippen LogP contribution in [0.3, 0.4) is 0 Å². The molecular formula is C17H34N2. The van der Waals surface area contributed by atoms with Crippen LogP contribution in [0.1, 0.15) is 65.7 Å². The number of hydrogen-bond acceptors (Lipinski definition) is 2. The van der Waals surface area contributed by atoms with E-state index in [-0.39, 0.29) is 0 Å². The van der Waals surface area contributed by atoms with Gasteiger partial charge in [-0.15, -0.1) is 0 Å². The molecule has 1 aliphatic heterocycles.